The normalized spacial score (nSPS) is 19.5. The minimum Gasteiger partial charge on any atom is -0.368 e. The third kappa shape index (κ3) is 3.11. The van der Waals surface area contributed by atoms with Crippen LogP contribution in [0.15, 0.2) is 0 Å². The van der Waals surface area contributed by atoms with Crippen molar-refractivity contribution >= 4 is 11.9 Å². The molecule has 1 aliphatic rings. The number of aromatic amines is 1. The first kappa shape index (κ1) is 10.3. The van der Waals surface area contributed by atoms with E-state index < -0.39 is 0 Å². The van der Waals surface area contributed by atoms with Crippen molar-refractivity contribution in [1.29, 1.82) is 0 Å². The van der Waals surface area contributed by atoms with Crippen molar-refractivity contribution in [3.8, 4) is 0 Å². The number of nitrogens with one attached hydrogen (secondary N) is 2. The molecular formula is C10H19N5. The number of aromatic nitrogens is 3. The molecule has 1 heterocycles. The van der Waals surface area contributed by atoms with Crippen LogP contribution in [0.1, 0.15) is 44.9 Å². The first-order valence-electron chi connectivity index (χ1n) is 5.79. The summed E-state index contributed by atoms with van der Waals surface area (Å²) in [5.41, 5.74) is 5.47. The average molecular weight is 209 g/mol. The van der Waals surface area contributed by atoms with Crippen molar-refractivity contribution in [3.63, 3.8) is 0 Å². The minimum atomic E-state index is 0.378. The number of anilines is 2. The zero-order valence-corrected chi connectivity index (χ0v) is 9.00. The average Bonchev–Trinajstić information content (AvgIpc) is 2.56. The van der Waals surface area contributed by atoms with Crippen LogP contribution in [-0.4, -0.2) is 21.2 Å². The summed E-state index contributed by atoms with van der Waals surface area (Å²) in [4.78, 5) is 4.06. The van der Waals surface area contributed by atoms with Crippen molar-refractivity contribution in [2.45, 2.75) is 51.0 Å². The first-order valence-corrected chi connectivity index (χ1v) is 5.79. The Morgan fingerprint density at radius 3 is 2.40 bits per heavy atom. The van der Waals surface area contributed by atoms with E-state index in [1.807, 2.05) is 0 Å². The van der Waals surface area contributed by atoms with E-state index in [4.69, 9.17) is 5.73 Å². The molecule has 15 heavy (non-hydrogen) atoms. The molecule has 2 rings (SSSR count). The maximum atomic E-state index is 5.47. The lowest BCUT2D eigenvalue weighted by atomic mass is 9.97. The van der Waals surface area contributed by atoms with E-state index in [9.17, 15) is 0 Å². The Labute approximate surface area is 89.9 Å². The number of hydrogen-bond donors (Lipinski definition) is 3. The van der Waals surface area contributed by atoms with Gasteiger partial charge in [-0.2, -0.15) is 4.98 Å². The Morgan fingerprint density at radius 1 is 1.13 bits per heavy atom. The van der Waals surface area contributed by atoms with Crippen molar-refractivity contribution in [3.05, 3.63) is 0 Å². The van der Waals surface area contributed by atoms with E-state index in [1.165, 1.54) is 44.9 Å². The van der Waals surface area contributed by atoms with Gasteiger partial charge < -0.3 is 11.1 Å². The van der Waals surface area contributed by atoms with Gasteiger partial charge in [0.1, 0.15) is 0 Å². The molecule has 1 saturated carbocycles. The molecule has 0 amide bonds. The molecule has 0 aromatic carbocycles. The summed E-state index contributed by atoms with van der Waals surface area (Å²) in [5, 5.41) is 9.97. The predicted octanol–water partition coefficient (Wildman–Crippen LogP) is 1.91. The van der Waals surface area contributed by atoms with Crippen LogP contribution >= 0.6 is 0 Å². The second-order valence-corrected chi connectivity index (χ2v) is 4.23. The molecular weight excluding hydrogens is 190 g/mol. The van der Waals surface area contributed by atoms with Crippen LogP contribution < -0.4 is 11.1 Å². The van der Waals surface area contributed by atoms with Gasteiger partial charge in [0.2, 0.25) is 11.9 Å². The van der Waals surface area contributed by atoms with E-state index in [0.717, 1.165) is 0 Å². The summed E-state index contributed by atoms with van der Waals surface area (Å²) < 4.78 is 0. The quantitative estimate of drug-likeness (QED) is 0.695. The van der Waals surface area contributed by atoms with Gasteiger partial charge in [0.15, 0.2) is 0 Å². The fraction of sp³-hybridized carbons (Fsp3) is 0.800. The number of H-pyrrole nitrogens is 1. The second kappa shape index (κ2) is 5.00. The summed E-state index contributed by atoms with van der Waals surface area (Å²) in [6, 6.07) is 0.514. The Kier molecular flexibility index (Phi) is 3.42. The van der Waals surface area contributed by atoms with Crippen LogP contribution in [0.25, 0.3) is 0 Å². The highest BCUT2D eigenvalue weighted by Gasteiger charge is 2.12. The first-order chi connectivity index (χ1) is 7.34. The number of nitrogen functional groups attached to an aromatic ring is 1. The standard InChI is InChI=1S/C10H19N5/c11-9-13-10(15-14-9)12-8-6-4-2-1-3-5-7-8/h8H,1-7H2,(H4,11,12,13,14,15). The van der Waals surface area contributed by atoms with Gasteiger partial charge in [-0.25, -0.2) is 5.10 Å². The lowest BCUT2D eigenvalue weighted by Crippen LogP contribution is -2.21. The van der Waals surface area contributed by atoms with Gasteiger partial charge in [0, 0.05) is 6.04 Å². The maximum Gasteiger partial charge on any atom is 0.243 e. The Bertz CT molecular complexity index is 288. The zero-order chi connectivity index (χ0) is 10.5. The van der Waals surface area contributed by atoms with Crippen molar-refractivity contribution in [2.75, 3.05) is 11.1 Å². The van der Waals surface area contributed by atoms with Crippen LogP contribution in [0.3, 0.4) is 0 Å². The smallest absolute Gasteiger partial charge is 0.243 e. The molecule has 1 fully saturated rings. The lowest BCUT2D eigenvalue weighted by molar-refractivity contribution is 0.470. The molecule has 1 aliphatic carbocycles. The van der Waals surface area contributed by atoms with Gasteiger partial charge in [0.25, 0.3) is 0 Å². The van der Waals surface area contributed by atoms with E-state index in [2.05, 4.69) is 20.5 Å². The van der Waals surface area contributed by atoms with Crippen molar-refractivity contribution < 1.29 is 0 Å². The summed E-state index contributed by atoms with van der Waals surface area (Å²) in [6.45, 7) is 0. The van der Waals surface area contributed by atoms with E-state index in [-0.39, 0.29) is 0 Å². The molecule has 84 valence electrons. The Hall–Kier alpha value is -1.26. The molecule has 0 spiro atoms. The van der Waals surface area contributed by atoms with Gasteiger partial charge in [-0.15, -0.1) is 5.10 Å². The number of rotatable bonds is 2. The van der Waals surface area contributed by atoms with Gasteiger partial charge in [-0.05, 0) is 12.8 Å². The molecule has 0 saturated heterocycles. The molecule has 0 bridgehead atoms. The Morgan fingerprint density at radius 2 is 1.80 bits per heavy atom. The van der Waals surface area contributed by atoms with Gasteiger partial charge >= 0.3 is 0 Å². The topological polar surface area (TPSA) is 79.6 Å². The summed E-state index contributed by atoms with van der Waals surface area (Å²) >= 11 is 0. The largest absolute Gasteiger partial charge is 0.368 e. The van der Waals surface area contributed by atoms with E-state index in [0.29, 0.717) is 17.9 Å². The second-order valence-electron chi connectivity index (χ2n) is 4.23. The zero-order valence-electron chi connectivity index (χ0n) is 9.00. The molecule has 4 N–H and O–H groups in total. The molecule has 0 atom stereocenters. The van der Waals surface area contributed by atoms with Crippen LogP contribution in [0.4, 0.5) is 11.9 Å². The van der Waals surface area contributed by atoms with Crippen LogP contribution in [-0.2, 0) is 0 Å². The highest BCUT2D eigenvalue weighted by Crippen LogP contribution is 2.19. The lowest BCUT2D eigenvalue weighted by Gasteiger charge is -2.19. The van der Waals surface area contributed by atoms with Gasteiger partial charge in [-0.1, -0.05) is 32.1 Å². The third-order valence-electron chi connectivity index (χ3n) is 2.94. The van der Waals surface area contributed by atoms with Gasteiger partial charge in [0.05, 0.1) is 0 Å². The minimum absolute atomic E-state index is 0.378. The third-order valence-corrected chi connectivity index (χ3v) is 2.94. The van der Waals surface area contributed by atoms with Crippen LogP contribution in [0.2, 0.25) is 0 Å². The highest BCUT2D eigenvalue weighted by molar-refractivity contribution is 5.30. The van der Waals surface area contributed by atoms with Crippen molar-refractivity contribution in [2.24, 2.45) is 0 Å². The van der Waals surface area contributed by atoms with E-state index in [1.54, 1.807) is 0 Å². The molecule has 1 aromatic rings. The summed E-state index contributed by atoms with van der Waals surface area (Å²) in [5.74, 6) is 1.02. The molecule has 5 heteroatoms. The van der Waals surface area contributed by atoms with Gasteiger partial charge in [-0.3, -0.25) is 0 Å². The van der Waals surface area contributed by atoms with Crippen LogP contribution in [0.5, 0.6) is 0 Å². The SMILES string of the molecule is Nc1nc(NC2CCCCCCC2)n[nH]1. The summed E-state index contributed by atoms with van der Waals surface area (Å²) in [7, 11) is 0. The van der Waals surface area contributed by atoms with Crippen LogP contribution in [0, 0.1) is 0 Å². The Balaban J connectivity index is 1.86. The molecule has 0 aliphatic heterocycles. The van der Waals surface area contributed by atoms with Crippen molar-refractivity contribution in [1.82, 2.24) is 15.2 Å². The fourth-order valence-corrected chi connectivity index (χ4v) is 2.12. The maximum absolute atomic E-state index is 5.47. The van der Waals surface area contributed by atoms with E-state index >= 15 is 0 Å². The number of nitrogens with two attached hydrogens (primary N) is 1. The monoisotopic (exact) mass is 209 g/mol. The molecule has 1 aromatic heterocycles. The molecule has 0 radical (unpaired) electrons. The molecule has 5 nitrogen and oxygen atoms in total. The highest BCUT2D eigenvalue weighted by atomic mass is 15.3. The predicted molar refractivity (Wildman–Crippen MR) is 60.5 cm³/mol. The number of nitrogens with zero attached hydrogens (tertiary/aromatic N) is 2. The fourth-order valence-electron chi connectivity index (χ4n) is 2.12. The number of hydrogen-bond acceptors (Lipinski definition) is 4. The summed E-state index contributed by atoms with van der Waals surface area (Å²) in [6.07, 6.45) is 9.14. The molecule has 0 unspecified atom stereocenters.